The first-order valence-corrected chi connectivity index (χ1v) is 7.83. The van der Waals surface area contributed by atoms with Gasteiger partial charge < -0.3 is 9.84 Å². The second kappa shape index (κ2) is 6.52. The Bertz CT molecular complexity index is 978. The van der Waals surface area contributed by atoms with Crippen LogP contribution in [0.4, 0.5) is 11.8 Å². The van der Waals surface area contributed by atoms with E-state index in [0.717, 1.165) is 17.9 Å². The Morgan fingerprint density at radius 3 is 2.60 bits per heavy atom. The number of pyridine rings is 1. The lowest BCUT2D eigenvalue weighted by Gasteiger charge is -2.05. The minimum atomic E-state index is 0.465. The maximum absolute atomic E-state index is 4.88. The highest BCUT2D eigenvalue weighted by molar-refractivity contribution is 5.62. The lowest BCUT2D eigenvalue weighted by atomic mass is 10.2. The smallest absolute Gasteiger partial charge is 0.228 e. The van der Waals surface area contributed by atoms with Crippen LogP contribution in [0.25, 0.3) is 22.8 Å². The monoisotopic (exact) mass is 333 g/mol. The van der Waals surface area contributed by atoms with Gasteiger partial charge >= 0.3 is 0 Å². The van der Waals surface area contributed by atoms with Crippen LogP contribution in [0.2, 0.25) is 0 Å². The molecule has 0 aliphatic carbocycles. The molecule has 0 saturated heterocycles. The van der Waals surface area contributed by atoms with Crippen molar-refractivity contribution < 1.29 is 4.52 Å². The molecule has 0 radical (unpaired) electrons. The Labute approximate surface area is 143 Å². The zero-order chi connectivity index (χ0) is 17.1. The molecule has 0 unspecified atom stereocenters. The molecule has 8 heteroatoms. The van der Waals surface area contributed by atoms with Crippen LogP contribution >= 0.6 is 0 Å². The molecular formula is C17H15N7O. The van der Waals surface area contributed by atoms with Crippen molar-refractivity contribution in [3.63, 3.8) is 0 Å². The normalized spacial score (nSPS) is 10.8. The SMILES string of the molecule is CCn1ccc(Nc2nccc(-c3cccc(-c4ccon4)n3)n2)n1. The summed E-state index contributed by atoms with van der Waals surface area (Å²) >= 11 is 0. The zero-order valence-electron chi connectivity index (χ0n) is 13.5. The van der Waals surface area contributed by atoms with Crippen molar-refractivity contribution in [1.29, 1.82) is 0 Å². The maximum atomic E-state index is 4.88. The van der Waals surface area contributed by atoms with E-state index in [1.165, 1.54) is 6.26 Å². The van der Waals surface area contributed by atoms with Gasteiger partial charge in [0, 0.05) is 31.1 Å². The number of anilines is 2. The summed E-state index contributed by atoms with van der Waals surface area (Å²) < 4.78 is 6.71. The summed E-state index contributed by atoms with van der Waals surface area (Å²) in [5.74, 6) is 1.16. The highest BCUT2D eigenvalue weighted by atomic mass is 16.5. The van der Waals surface area contributed by atoms with E-state index in [4.69, 9.17) is 4.52 Å². The summed E-state index contributed by atoms with van der Waals surface area (Å²) in [5, 5.41) is 11.4. The molecule has 0 aromatic carbocycles. The second-order valence-corrected chi connectivity index (χ2v) is 5.24. The van der Waals surface area contributed by atoms with E-state index in [2.05, 4.69) is 30.5 Å². The molecule has 4 heterocycles. The Morgan fingerprint density at radius 2 is 1.84 bits per heavy atom. The molecule has 4 aromatic heterocycles. The average Bonchev–Trinajstić information content (AvgIpc) is 3.34. The van der Waals surface area contributed by atoms with Gasteiger partial charge in [0.15, 0.2) is 5.82 Å². The summed E-state index contributed by atoms with van der Waals surface area (Å²) in [6.07, 6.45) is 5.10. The lowest BCUT2D eigenvalue weighted by molar-refractivity contribution is 0.422. The molecule has 0 atom stereocenters. The second-order valence-electron chi connectivity index (χ2n) is 5.24. The number of nitrogens with one attached hydrogen (secondary N) is 1. The minimum absolute atomic E-state index is 0.465. The van der Waals surface area contributed by atoms with Gasteiger partial charge in [-0.25, -0.2) is 15.0 Å². The predicted molar refractivity (Wildman–Crippen MR) is 91.9 cm³/mol. The van der Waals surface area contributed by atoms with Crippen LogP contribution in [0.1, 0.15) is 6.92 Å². The van der Waals surface area contributed by atoms with E-state index < -0.39 is 0 Å². The average molecular weight is 333 g/mol. The minimum Gasteiger partial charge on any atom is -0.364 e. The molecule has 0 spiro atoms. The fourth-order valence-electron chi connectivity index (χ4n) is 2.35. The molecular weight excluding hydrogens is 318 g/mol. The predicted octanol–water partition coefficient (Wildman–Crippen LogP) is 3.15. The van der Waals surface area contributed by atoms with Crippen LogP contribution in [0, 0.1) is 0 Å². The first kappa shape index (κ1) is 15.0. The molecule has 124 valence electrons. The number of hydrogen-bond donors (Lipinski definition) is 1. The molecule has 0 fully saturated rings. The Kier molecular flexibility index (Phi) is 3.91. The van der Waals surface area contributed by atoms with Crippen molar-refractivity contribution in [1.82, 2.24) is 29.9 Å². The van der Waals surface area contributed by atoms with Crippen LogP contribution in [-0.2, 0) is 6.54 Å². The third-order valence-corrected chi connectivity index (χ3v) is 3.57. The molecule has 0 aliphatic rings. The fourth-order valence-corrected chi connectivity index (χ4v) is 2.35. The van der Waals surface area contributed by atoms with Gasteiger partial charge in [-0.15, -0.1) is 0 Å². The third kappa shape index (κ3) is 3.23. The maximum Gasteiger partial charge on any atom is 0.228 e. The van der Waals surface area contributed by atoms with Gasteiger partial charge in [0.2, 0.25) is 5.95 Å². The van der Waals surface area contributed by atoms with Crippen LogP contribution in [0.3, 0.4) is 0 Å². The fraction of sp³-hybridized carbons (Fsp3) is 0.118. The van der Waals surface area contributed by atoms with Crippen molar-refractivity contribution in [2.75, 3.05) is 5.32 Å². The highest BCUT2D eigenvalue weighted by Crippen LogP contribution is 2.21. The molecule has 4 rings (SSSR count). The number of nitrogens with zero attached hydrogens (tertiary/aromatic N) is 6. The summed E-state index contributed by atoms with van der Waals surface area (Å²) in [4.78, 5) is 13.3. The molecule has 0 saturated carbocycles. The molecule has 0 bridgehead atoms. The van der Waals surface area contributed by atoms with Crippen molar-refractivity contribution in [3.05, 3.63) is 55.1 Å². The van der Waals surface area contributed by atoms with E-state index in [9.17, 15) is 0 Å². The molecule has 0 amide bonds. The highest BCUT2D eigenvalue weighted by Gasteiger charge is 2.08. The summed E-state index contributed by atoms with van der Waals surface area (Å²) in [7, 11) is 0. The molecule has 25 heavy (non-hydrogen) atoms. The van der Waals surface area contributed by atoms with Crippen LogP contribution in [0.5, 0.6) is 0 Å². The number of rotatable bonds is 5. The van der Waals surface area contributed by atoms with Crippen molar-refractivity contribution in [2.24, 2.45) is 0 Å². The number of aromatic nitrogens is 6. The third-order valence-electron chi connectivity index (χ3n) is 3.57. The van der Waals surface area contributed by atoms with Crippen LogP contribution in [-0.4, -0.2) is 29.9 Å². The van der Waals surface area contributed by atoms with Crippen LogP contribution in [0.15, 0.2) is 59.6 Å². The molecule has 8 nitrogen and oxygen atoms in total. The number of aryl methyl sites for hydroxylation is 1. The quantitative estimate of drug-likeness (QED) is 0.599. The molecule has 4 aromatic rings. The van der Waals surface area contributed by atoms with E-state index in [-0.39, 0.29) is 0 Å². The van der Waals surface area contributed by atoms with Crippen molar-refractivity contribution >= 4 is 11.8 Å². The van der Waals surface area contributed by atoms with Gasteiger partial charge in [-0.1, -0.05) is 11.2 Å². The topological polar surface area (TPSA) is 94.6 Å². The van der Waals surface area contributed by atoms with Gasteiger partial charge in [-0.3, -0.25) is 4.68 Å². The standard InChI is InChI=1S/C17H15N7O/c1-2-24-10-7-16(22-24)21-17-18-9-6-14(20-17)12-4-3-5-13(19-12)15-8-11-25-23-15/h3-11H,2H2,1H3,(H,18,20,21,22). The first-order chi connectivity index (χ1) is 12.3. The molecule has 0 aliphatic heterocycles. The molecule has 1 N–H and O–H groups in total. The zero-order valence-corrected chi connectivity index (χ0v) is 13.5. The van der Waals surface area contributed by atoms with E-state index >= 15 is 0 Å². The van der Waals surface area contributed by atoms with Gasteiger partial charge in [0.25, 0.3) is 0 Å². The van der Waals surface area contributed by atoms with Gasteiger partial charge in [0.05, 0.1) is 17.1 Å². The van der Waals surface area contributed by atoms with Crippen LogP contribution < -0.4 is 5.32 Å². The lowest BCUT2D eigenvalue weighted by Crippen LogP contribution is -2.01. The summed E-state index contributed by atoms with van der Waals surface area (Å²) in [6, 6.07) is 11.1. The Hall–Kier alpha value is -3.55. The van der Waals surface area contributed by atoms with E-state index in [1.54, 1.807) is 12.3 Å². The van der Waals surface area contributed by atoms with E-state index in [1.807, 2.05) is 48.1 Å². The Balaban J connectivity index is 1.62. The summed E-state index contributed by atoms with van der Waals surface area (Å²) in [6.45, 7) is 2.84. The number of hydrogen-bond acceptors (Lipinski definition) is 7. The first-order valence-electron chi connectivity index (χ1n) is 7.83. The van der Waals surface area contributed by atoms with Crippen molar-refractivity contribution in [2.45, 2.75) is 13.5 Å². The van der Waals surface area contributed by atoms with E-state index in [0.29, 0.717) is 23.2 Å². The Morgan fingerprint density at radius 1 is 1.00 bits per heavy atom. The summed E-state index contributed by atoms with van der Waals surface area (Å²) in [5.41, 5.74) is 2.84. The van der Waals surface area contributed by atoms with Gasteiger partial charge in [-0.05, 0) is 25.1 Å². The largest absolute Gasteiger partial charge is 0.364 e. The van der Waals surface area contributed by atoms with Crippen molar-refractivity contribution in [3.8, 4) is 22.8 Å². The van der Waals surface area contributed by atoms with Gasteiger partial charge in [-0.2, -0.15) is 5.10 Å². The van der Waals surface area contributed by atoms with Gasteiger partial charge in [0.1, 0.15) is 12.0 Å².